The summed E-state index contributed by atoms with van der Waals surface area (Å²) in [5.41, 5.74) is 0. The van der Waals surface area contributed by atoms with Crippen LogP contribution in [0.3, 0.4) is 0 Å². The second-order valence-corrected chi connectivity index (χ2v) is 4.01. The number of allylic oxidation sites excluding steroid dienone is 2. The molecule has 0 rings (SSSR count). The van der Waals surface area contributed by atoms with Crippen LogP contribution in [-0.4, -0.2) is 18.4 Å². The number of Topliss-reactive ketones (excluding diaryl/α,β-unsaturated/α-hetero) is 1. The van der Waals surface area contributed by atoms with Gasteiger partial charge in [-0.2, -0.15) is 0 Å². The van der Waals surface area contributed by atoms with Crippen LogP contribution in [0.15, 0.2) is 12.2 Å². The van der Waals surface area contributed by atoms with Crippen LogP contribution >= 0.6 is 0 Å². The van der Waals surface area contributed by atoms with E-state index in [-0.39, 0.29) is 5.97 Å². The quantitative estimate of drug-likeness (QED) is 0.334. The number of ether oxygens (including phenoxy) is 1. The third-order valence-electron chi connectivity index (χ3n) is 2.47. The second kappa shape index (κ2) is 11.4. The van der Waals surface area contributed by atoms with Gasteiger partial charge in [0.05, 0.1) is 6.61 Å². The summed E-state index contributed by atoms with van der Waals surface area (Å²) in [4.78, 5) is 22.4. The number of hydrogen-bond donors (Lipinski definition) is 0. The summed E-state index contributed by atoms with van der Waals surface area (Å²) >= 11 is 0. The smallest absolute Gasteiger partial charge is 0.305 e. The Morgan fingerprint density at radius 1 is 1.06 bits per heavy atom. The van der Waals surface area contributed by atoms with Crippen molar-refractivity contribution in [2.24, 2.45) is 0 Å². The molecular formula is C14H24O3. The summed E-state index contributed by atoms with van der Waals surface area (Å²) < 4.78 is 4.82. The lowest BCUT2D eigenvalue weighted by atomic mass is 10.1. The molecule has 98 valence electrons. The molecule has 0 aromatic carbocycles. The summed E-state index contributed by atoms with van der Waals surface area (Å²) in [5, 5.41) is 0. The maximum atomic E-state index is 11.4. The van der Waals surface area contributed by atoms with Crippen molar-refractivity contribution in [1.82, 2.24) is 0 Å². The number of hydrogen-bond acceptors (Lipinski definition) is 3. The predicted molar refractivity (Wildman–Crippen MR) is 68.8 cm³/mol. The fourth-order valence-corrected chi connectivity index (χ4v) is 1.54. The molecule has 0 unspecified atom stereocenters. The van der Waals surface area contributed by atoms with Crippen LogP contribution in [0.25, 0.3) is 0 Å². The molecule has 0 bridgehead atoms. The van der Waals surface area contributed by atoms with Crippen LogP contribution in [0.2, 0.25) is 0 Å². The van der Waals surface area contributed by atoms with Crippen molar-refractivity contribution in [3.8, 4) is 0 Å². The molecule has 0 aliphatic carbocycles. The van der Waals surface area contributed by atoms with E-state index in [1.165, 1.54) is 0 Å². The van der Waals surface area contributed by atoms with Gasteiger partial charge in [0.1, 0.15) is 5.78 Å². The van der Waals surface area contributed by atoms with Crippen molar-refractivity contribution >= 4 is 11.8 Å². The molecule has 3 heteroatoms. The molecule has 0 N–H and O–H groups in total. The summed E-state index contributed by atoms with van der Waals surface area (Å²) in [6, 6.07) is 0. The minimum absolute atomic E-state index is 0.132. The molecule has 0 saturated heterocycles. The first kappa shape index (κ1) is 15.9. The Labute approximate surface area is 104 Å². The van der Waals surface area contributed by atoms with E-state index in [0.29, 0.717) is 31.7 Å². The molecule has 17 heavy (non-hydrogen) atoms. The van der Waals surface area contributed by atoms with Crippen molar-refractivity contribution in [3.05, 3.63) is 12.2 Å². The first-order valence-electron chi connectivity index (χ1n) is 6.49. The first-order valence-corrected chi connectivity index (χ1v) is 6.49. The van der Waals surface area contributed by atoms with Gasteiger partial charge in [0.15, 0.2) is 0 Å². The highest BCUT2D eigenvalue weighted by molar-refractivity contribution is 5.78. The highest BCUT2D eigenvalue weighted by atomic mass is 16.5. The van der Waals surface area contributed by atoms with Gasteiger partial charge in [0.2, 0.25) is 0 Å². The summed E-state index contributed by atoms with van der Waals surface area (Å²) in [6.07, 6.45) is 9.20. The Morgan fingerprint density at radius 3 is 2.41 bits per heavy atom. The van der Waals surface area contributed by atoms with Gasteiger partial charge in [-0.25, -0.2) is 0 Å². The average Bonchev–Trinajstić information content (AvgIpc) is 2.29. The van der Waals surface area contributed by atoms with Gasteiger partial charge in [0, 0.05) is 19.3 Å². The molecule has 0 heterocycles. The van der Waals surface area contributed by atoms with Gasteiger partial charge in [-0.05, 0) is 33.1 Å². The molecule has 0 amide bonds. The normalized spacial score (nSPS) is 10.7. The molecular weight excluding hydrogens is 216 g/mol. The monoisotopic (exact) mass is 240 g/mol. The lowest BCUT2D eigenvalue weighted by Crippen LogP contribution is -2.03. The number of carbonyl (C=O) groups is 2. The van der Waals surface area contributed by atoms with Gasteiger partial charge in [0.25, 0.3) is 0 Å². The van der Waals surface area contributed by atoms with Crippen LogP contribution in [0.4, 0.5) is 0 Å². The Balaban J connectivity index is 3.33. The van der Waals surface area contributed by atoms with Crippen molar-refractivity contribution in [2.75, 3.05) is 6.61 Å². The number of ketones is 1. The predicted octanol–water partition coefficient (Wildman–Crippen LogP) is 3.43. The molecule has 0 aliphatic heterocycles. The average molecular weight is 240 g/mol. The number of carbonyl (C=O) groups excluding carboxylic acids is 2. The van der Waals surface area contributed by atoms with E-state index >= 15 is 0 Å². The minimum Gasteiger partial charge on any atom is -0.466 e. The van der Waals surface area contributed by atoms with Gasteiger partial charge in [-0.15, -0.1) is 0 Å². The van der Waals surface area contributed by atoms with Crippen molar-refractivity contribution in [1.29, 1.82) is 0 Å². The molecule has 0 aromatic rings. The minimum atomic E-state index is -0.132. The highest BCUT2D eigenvalue weighted by Gasteiger charge is 2.03. The fraction of sp³-hybridized carbons (Fsp3) is 0.714. The molecule has 0 radical (unpaired) electrons. The molecule has 0 atom stereocenters. The van der Waals surface area contributed by atoms with Gasteiger partial charge in [-0.1, -0.05) is 18.6 Å². The first-order chi connectivity index (χ1) is 8.20. The van der Waals surface area contributed by atoms with Gasteiger partial charge in [-0.3, -0.25) is 9.59 Å². The fourth-order valence-electron chi connectivity index (χ4n) is 1.54. The molecule has 3 nitrogen and oxygen atoms in total. The van der Waals surface area contributed by atoms with E-state index in [0.717, 1.165) is 25.7 Å². The lowest BCUT2D eigenvalue weighted by molar-refractivity contribution is -0.143. The highest BCUT2D eigenvalue weighted by Crippen LogP contribution is 2.07. The molecule has 0 aliphatic rings. The third-order valence-corrected chi connectivity index (χ3v) is 2.47. The van der Waals surface area contributed by atoms with Crippen LogP contribution in [0.5, 0.6) is 0 Å². The van der Waals surface area contributed by atoms with Crippen LogP contribution in [0.1, 0.15) is 58.8 Å². The van der Waals surface area contributed by atoms with Crippen LogP contribution in [0, 0.1) is 0 Å². The summed E-state index contributed by atoms with van der Waals surface area (Å²) in [6.45, 7) is 4.21. The Hall–Kier alpha value is -1.12. The van der Waals surface area contributed by atoms with E-state index in [2.05, 4.69) is 0 Å². The van der Waals surface area contributed by atoms with Crippen molar-refractivity contribution in [2.45, 2.75) is 58.8 Å². The maximum absolute atomic E-state index is 11.4. The zero-order chi connectivity index (χ0) is 12.9. The Kier molecular flexibility index (Phi) is 10.6. The second-order valence-electron chi connectivity index (χ2n) is 4.01. The molecule has 0 aromatic heterocycles. The third kappa shape index (κ3) is 11.1. The molecule has 0 fully saturated rings. The zero-order valence-electron chi connectivity index (χ0n) is 11.0. The topological polar surface area (TPSA) is 43.4 Å². The lowest BCUT2D eigenvalue weighted by Gasteiger charge is -2.01. The number of esters is 1. The Bertz CT molecular complexity index is 244. The van der Waals surface area contributed by atoms with E-state index < -0.39 is 0 Å². The van der Waals surface area contributed by atoms with Crippen LogP contribution in [-0.2, 0) is 14.3 Å². The van der Waals surface area contributed by atoms with Crippen LogP contribution < -0.4 is 0 Å². The van der Waals surface area contributed by atoms with Crippen molar-refractivity contribution < 1.29 is 14.3 Å². The largest absolute Gasteiger partial charge is 0.466 e. The standard InChI is InChI=1S/C14H24O3/c1-3-5-7-10-13(15)11-8-6-9-12-14(16)17-4-2/h3,5H,4,6-12H2,1-2H3. The van der Waals surface area contributed by atoms with E-state index in [1.807, 2.05) is 19.1 Å². The van der Waals surface area contributed by atoms with E-state index in [4.69, 9.17) is 4.74 Å². The van der Waals surface area contributed by atoms with Crippen molar-refractivity contribution in [3.63, 3.8) is 0 Å². The molecule has 0 saturated carbocycles. The maximum Gasteiger partial charge on any atom is 0.305 e. The van der Waals surface area contributed by atoms with Gasteiger partial charge < -0.3 is 4.74 Å². The van der Waals surface area contributed by atoms with E-state index in [9.17, 15) is 9.59 Å². The summed E-state index contributed by atoms with van der Waals surface area (Å²) in [7, 11) is 0. The summed E-state index contributed by atoms with van der Waals surface area (Å²) in [5.74, 6) is 0.186. The zero-order valence-corrected chi connectivity index (χ0v) is 11.0. The SMILES string of the molecule is CC=CCCC(=O)CCCCCC(=O)OCC. The van der Waals surface area contributed by atoms with Gasteiger partial charge >= 0.3 is 5.97 Å². The number of unbranched alkanes of at least 4 members (excludes halogenated alkanes) is 2. The Morgan fingerprint density at radius 2 is 1.76 bits per heavy atom. The van der Waals surface area contributed by atoms with E-state index in [1.54, 1.807) is 6.92 Å². The number of rotatable bonds is 10. The molecule has 0 spiro atoms.